The highest BCUT2D eigenvalue weighted by molar-refractivity contribution is 7.91. The SMILES string of the molecule is Cc1ccc(Oc2cccc(C(=O)NCC(=O)N3C[C@H](S(C)(=O)=O)C[C@H]3C(=O)NCc3cc4cnccc4[nH]3)c2)c(F)c1. The number of rotatable bonds is 9. The van der Waals surface area contributed by atoms with Gasteiger partial charge in [0.25, 0.3) is 5.91 Å². The number of pyridine rings is 1. The number of aromatic nitrogens is 2. The fourth-order valence-electron chi connectivity index (χ4n) is 4.94. The summed E-state index contributed by atoms with van der Waals surface area (Å²) >= 11 is 0. The molecule has 0 unspecified atom stereocenters. The molecule has 224 valence electrons. The summed E-state index contributed by atoms with van der Waals surface area (Å²) in [5, 5.41) is 5.25. The molecule has 0 radical (unpaired) electrons. The number of carbonyl (C=O) groups is 3. The minimum absolute atomic E-state index is 0.00123. The molecular formula is C30H30FN5O6S. The third kappa shape index (κ3) is 7.00. The number of H-pyrrole nitrogens is 1. The fraction of sp³-hybridized carbons (Fsp3) is 0.267. The first-order valence-corrected chi connectivity index (χ1v) is 15.4. The summed E-state index contributed by atoms with van der Waals surface area (Å²) in [7, 11) is -3.55. The van der Waals surface area contributed by atoms with E-state index < -0.39 is 51.2 Å². The van der Waals surface area contributed by atoms with Crippen LogP contribution in [0.5, 0.6) is 11.5 Å². The van der Waals surface area contributed by atoms with E-state index in [1.54, 1.807) is 43.6 Å². The number of hydrogen-bond acceptors (Lipinski definition) is 7. The van der Waals surface area contributed by atoms with Gasteiger partial charge in [-0.3, -0.25) is 19.4 Å². The normalized spacial score (nSPS) is 16.7. The van der Waals surface area contributed by atoms with Crippen LogP contribution in [-0.4, -0.2) is 71.6 Å². The molecule has 4 aromatic rings. The van der Waals surface area contributed by atoms with Crippen molar-refractivity contribution in [1.29, 1.82) is 0 Å². The van der Waals surface area contributed by atoms with E-state index in [-0.39, 0.29) is 36.6 Å². The number of amides is 3. The first-order valence-electron chi connectivity index (χ1n) is 13.5. The zero-order chi connectivity index (χ0) is 30.7. The van der Waals surface area contributed by atoms with Crippen molar-refractivity contribution < 1.29 is 31.9 Å². The maximum atomic E-state index is 14.2. The molecule has 2 aromatic carbocycles. The van der Waals surface area contributed by atoms with Crippen molar-refractivity contribution in [1.82, 2.24) is 25.5 Å². The smallest absolute Gasteiger partial charge is 0.251 e. The van der Waals surface area contributed by atoms with Gasteiger partial charge in [-0.25, -0.2) is 12.8 Å². The number of sulfone groups is 1. The van der Waals surface area contributed by atoms with Gasteiger partial charge in [-0.2, -0.15) is 0 Å². The zero-order valence-corrected chi connectivity index (χ0v) is 24.3. The molecule has 5 rings (SSSR count). The van der Waals surface area contributed by atoms with Crippen LogP contribution in [0.15, 0.2) is 67.0 Å². The molecule has 11 nitrogen and oxygen atoms in total. The highest BCUT2D eigenvalue weighted by Crippen LogP contribution is 2.26. The Morgan fingerprint density at radius 1 is 1.12 bits per heavy atom. The molecule has 2 atom stereocenters. The Hall–Kier alpha value is -4.78. The van der Waals surface area contributed by atoms with E-state index in [2.05, 4.69) is 20.6 Å². The molecule has 3 amide bonds. The molecule has 3 heterocycles. The number of halogens is 1. The molecule has 0 bridgehead atoms. The average Bonchev–Trinajstić information content (AvgIpc) is 3.61. The Morgan fingerprint density at radius 2 is 1.93 bits per heavy atom. The molecule has 2 aromatic heterocycles. The van der Waals surface area contributed by atoms with Crippen LogP contribution in [0.3, 0.4) is 0 Å². The molecule has 1 saturated heterocycles. The molecule has 0 saturated carbocycles. The lowest BCUT2D eigenvalue weighted by molar-refractivity contribution is -0.137. The summed E-state index contributed by atoms with van der Waals surface area (Å²) in [6, 6.07) is 13.2. The van der Waals surface area contributed by atoms with E-state index in [9.17, 15) is 27.2 Å². The van der Waals surface area contributed by atoms with Gasteiger partial charge in [0.2, 0.25) is 11.8 Å². The van der Waals surface area contributed by atoms with Gasteiger partial charge in [0.15, 0.2) is 21.4 Å². The number of carbonyl (C=O) groups excluding carboxylic acids is 3. The van der Waals surface area contributed by atoms with Crippen LogP contribution in [0.4, 0.5) is 4.39 Å². The Labute approximate surface area is 247 Å². The predicted octanol–water partition coefficient (Wildman–Crippen LogP) is 2.86. The molecule has 3 N–H and O–H groups in total. The van der Waals surface area contributed by atoms with Crippen molar-refractivity contribution in [3.63, 3.8) is 0 Å². The van der Waals surface area contributed by atoms with E-state index in [1.165, 1.54) is 29.2 Å². The number of aromatic amines is 1. The summed E-state index contributed by atoms with van der Waals surface area (Å²) in [5.41, 5.74) is 2.46. The van der Waals surface area contributed by atoms with Gasteiger partial charge in [0.05, 0.1) is 18.3 Å². The Bertz CT molecular complexity index is 1770. The van der Waals surface area contributed by atoms with Crippen LogP contribution in [0.2, 0.25) is 0 Å². The number of likely N-dealkylation sites (tertiary alicyclic amines) is 1. The number of nitrogens with zero attached hydrogens (tertiary/aromatic N) is 2. The number of benzene rings is 2. The fourth-order valence-corrected chi connectivity index (χ4v) is 5.90. The van der Waals surface area contributed by atoms with Gasteiger partial charge in [-0.05, 0) is 61.4 Å². The second kappa shape index (κ2) is 12.2. The van der Waals surface area contributed by atoms with Crippen LogP contribution in [-0.2, 0) is 26.0 Å². The number of aryl methyl sites for hydroxylation is 1. The van der Waals surface area contributed by atoms with E-state index in [1.807, 2.05) is 6.07 Å². The molecule has 0 aliphatic carbocycles. The molecule has 1 aliphatic rings. The van der Waals surface area contributed by atoms with Crippen molar-refractivity contribution in [2.45, 2.75) is 31.2 Å². The van der Waals surface area contributed by atoms with Crippen molar-refractivity contribution in [3.05, 3.63) is 89.6 Å². The minimum Gasteiger partial charge on any atom is -0.454 e. The second-order valence-corrected chi connectivity index (χ2v) is 12.8. The quantitative estimate of drug-likeness (QED) is 0.265. The second-order valence-electron chi connectivity index (χ2n) is 10.5. The van der Waals surface area contributed by atoms with Crippen LogP contribution in [0, 0.1) is 12.7 Å². The monoisotopic (exact) mass is 607 g/mol. The zero-order valence-electron chi connectivity index (χ0n) is 23.5. The third-order valence-electron chi connectivity index (χ3n) is 7.23. The molecule has 1 fully saturated rings. The topological polar surface area (TPSA) is 151 Å². The number of fused-ring (bicyclic) bond motifs is 1. The maximum absolute atomic E-state index is 14.2. The van der Waals surface area contributed by atoms with Crippen LogP contribution >= 0.6 is 0 Å². The largest absolute Gasteiger partial charge is 0.454 e. The van der Waals surface area contributed by atoms with E-state index in [4.69, 9.17) is 4.74 Å². The molecule has 0 spiro atoms. The lowest BCUT2D eigenvalue weighted by Crippen LogP contribution is -2.49. The summed E-state index contributed by atoms with van der Waals surface area (Å²) in [5.74, 6) is -2.04. The minimum atomic E-state index is -3.55. The van der Waals surface area contributed by atoms with Gasteiger partial charge in [0.1, 0.15) is 11.8 Å². The number of hydrogen-bond donors (Lipinski definition) is 3. The lowest BCUT2D eigenvalue weighted by Gasteiger charge is -2.24. The standard InChI is InChI=1S/C30H30FN5O6S/c1-18-6-7-27(24(31)10-18)42-22-5-3-4-19(12-22)29(38)34-16-28(37)36-17-23(43(2,40)41)13-26(36)30(39)33-15-21-11-20-14-32-9-8-25(20)35-21/h3-12,14,23,26,35H,13,15-17H2,1-2H3,(H,33,39)(H,34,38)/t23-,26+/m1/s1. The third-order valence-corrected chi connectivity index (χ3v) is 8.79. The lowest BCUT2D eigenvalue weighted by atomic mass is 10.2. The molecule has 13 heteroatoms. The van der Waals surface area contributed by atoms with Gasteiger partial charge < -0.3 is 25.3 Å². The number of nitrogens with one attached hydrogen (secondary N) is 3. The highest BCUT2D eigenvalue weighted by Gasteiger charge is 2.43. The van der Waals surface area contributed by atoms with Crippen LogP contribution in [0.25, 0.3) is 10.9 Å². The summed E-state index contributed by atoms with van der Waals surface area (Å²) in [6.45, 7) is 1.25. The van der Waals surface area contributed by atoms with Gasteiger partial charge in [0, 0.05) is 47.4 Å². The van der Waals surface area contributed by atoms with E-state index >= 15 is 0 Å². The Balaban J connectivity index is 1.22. The highest BCUT2D eigenvalue weighted by atomic mass is 32.2. The Kier molecular flexibility index (Phi) is 8.44. The molecule has 1 aliphatic heterocycles. The van der Waals surface area contributed by atoms with Crippen molar-refractivity contribution in [2.75, 3.05) is 19.3 Å². The van der Waals surface area contributed by atoms with Crippen molar-refractivity contribution >= 4 is 38.5 Å². The maximum Gasteiger partial charge on any atom is 0.251 e. The van der Waals surface area contributed by atoms with Crippen molar-refractivity contribution in [3.8, 4) is 11.5 Å². The van der Waals surface area contributed by atoms with Gasteiger partial charge >= 0.3 is 0 Å². The summed E-state index contributed by atoms with van der Waals surface area (Å²) in [6.07, 6.45) is 4.34. The summed E-state index contributed by atoms with van der Waals surface area (Å²) < 4.78 is 44.4. The first-order chi connectivity index (χ1) is 20.5. The van der Waals surface area contributed by atoms with Gasteiger partial charge in [-0.15, -0.1) is 0 Å². The molecular weight excluding hydrogens is 577 g/mol. The Morgan fingerprint density at radius 3 is 2.67 bits per heavy atom. The van der Waals surface area contributed by atoms with E-state index in [0.29, 0.717) is 0 Å². The first kappa shape index (κ1) is 29.7. The van der Waals surface area contributed by atoms with Crippen LogP contribution < -0.4 is 15.4 Å². The summed E-state index contributed by atoms with van der Waals surface area (Å²) in [4.78, 5) is 47.6. The van der Waals surface area contributed by atoms with Crippen LogP contribution in [0.1, 0.15) is 28.0 Å². The molecule has 43 heavy (non-hydrogen) atoms. The average molecular weight is 608 g/mol. The number of ether oxygens (including phenoxy) is 1. The van der Waals surface area contributed by atoms with E-state index in [0.717, 1.165) is 28.4 Å². The van der Waals surface area contributed by atoms with Crippen molar-refractivity contribution in [2.24, 2.45) is 0 Å². The van der Waals surface area contributed by atoms with Gasteiger partial charge in [-0.1, -0.05) is 12.1 Å². The predicted molar refractivity (Wildman–Crippen MR) is 157 cm³/mol.